The van der Waals surface area contributed by atoms with Crippen LogP contribution in [0.15, 0.2) is 0 Å². The van der Waals surface area contributed by atoms with Gasteiger partial charge in [0.15, 0.2) is 17.7 Å². The van der Waals surface area contributed by atoms with Crippen molar-refractivity contribution in [3.05, 3.63) is 0 Å². The molecule has 0 aliphatic carbocycles. The highest BCUT2D eigenvalue weighted by molar-refractivity contribution is 6.08. The molecule has 14 atom stereocenters. The van der Waals surface area contributed by atoms with E-state index in [1.807, 2.05) is 25.9 Å². The predicted molar refractivity (Wildman–Crippen MR) is 168 cm³/mol. The van der Waals surface area contributed by atoms with E-state index in [4.69, 9.17) is 23.7 Å². The maximum absolute atomic E-state index is 16.6. The number of nitrogens with zero attached hydrogens (tertiary/aromatic N) is 2. The van der Waals surface area contributed by atoms with Gasteiger partial charge in [-0.3, -0.25) is 19.3 Å². The number of ether oxygens (including phenoxy) is 5. The fourth-order valence-corrected chi connectivity index (χ4v) is 9.10. The highest BCUT2D eigenvalue weighted by Gasteiger charge is 2.71. The summed E-state index contributed by atoms with van der Waals surface area (Å²) in [6, 6.07) is -1.13. The van der Waals surface area contributed by atoms with E-state index in [2.05, 4.69) is 0 Å². The lowest BCUT2D eigenvalue weighted by Crippen LogP contribution is -2.61. The van der Waals surface area contributed by atoms with Gasteiger partial charge in [0.25, 0.3) is 5.67 Å². The summed E-state index contributed by atoms with van der Waals surface area (Å²) in [6.45, 7) is 12.9. The molecule has 12 nitrogen and oxygen atoms in total. The molecule has 13 heteroatoms. The molecule has 4 heterocycles. The number of methoxy groups -OCH3 is 1. The van der Waals surface area contributed by atoms with Crippen LogP contribution in [0, 0.1) is 23.2 Å². The number of ketones is 2. The molecule has 4 aliphatic heterocycles. The molecule has 0 spiro atoms. The Morgan fingerprint density at radius 2 is 1.68 bits per heavy atom. The van der Waals surface area contributed by atoms with Crippen molar-refractivity contribution in [2.75, 3.05) is 34.8 Å². The molecule has 0 radical (unpaired) electrons. The van der Waals surface area contributed by atoms with E-state index in [-0.39, 0.29) is 37.3 Å². The molecular weight excluding hydrogens is 615 g/mol. The first kappa shape index (κ1) is 37.8. The van der Waals surface area contributed by atoms with Crippen molar-refractivity contribution in [1.29, 1.82) is 0 Å². The van der Waals surface area contributed by atoms with Crippen molar-refractivity contribution in [3.8, 4) is 0 Å². The Labute approximate surface area is 277 Å². The van der Waals surface area contributed by atoms with Crippen molar-refractivity contribution >= 4 is 23.5 Å². The number of hydrogen-bond acceptors (Lipinski definition) is 12. The van der Waals surface area contributed by atoms with Gasteiger partial charge >= 0.3 is 11.9 Å². The third-order valence-corrected chi connectivity index (χ3v) is 11.6. The second-order valence-corrected chi connectivity index (χ2v) is 15.4. The Morgan fingerprint density at radius 3 is 2.23 bits per heavy atom. The number of halogens is 1. The van der Waals surface area contributed by atoms with Crippen LogP contribution >= 0.6 is 0 Å². The van der Waals surface area contributed by atoms with Crippen molar-refractivity contribution in [2.45, 2.75) is 134 Å². The number of Topliss-reactive ketones (excluding diaryl/α,β-unsaturated/α-hetero) is 2. The van der Waals surface area contributed by atoms with Gasteiger partial charge in [-0.05, 0) is 68.1 Å². The summed E-state index contributed by atoms with van der Waals surface area (Å²) >= 11 is 0. The largest absolute Gasteiger partial charge is 0.455 e. The molecule has 0 aromatic carbocycles. The molecule has 0 aromatic rings. The number of alkyl halides is 1. The Kier molecular flexibility index (Phi) is 10.5. The maximum atomic E-state index is 16.6. The average Bonchev–Trinajstić information content (AvgIpc) is 3.45. The second-order valence-electron chi connectivity index (χ2n) is 15.4. The lowest BCUT2D eigenvalue weighted by Gasteiger charge is -2.48. The minimum Gasteiger partial charge on any atom is -0.455 e. The Morgan fingerprint density at radius 1 is 1.06 bits per heavy atom. The summed E-state index contributed by atoms with van der Waals surface area (Å²) in [6.07, 6.45) is -4.40. The number of likely N-dealkylation sites (N-methyl/N-ethyl adjacent to an activating group) is 2. The zero-order valence-corrected chi connectivity index (χ0v) is 30.0. The second kappa shape index (κ2) is 13.0. The first-order valence-electron chi connectivity index (χ1n) is 16.7. The Balaban J connectivity index is 1.86. The van der Waals surface area contributed by atoms with Gasteiger partial charge in [0, 0.05) is 42.9 Å². The smallest absolute Gasteiger partial charge is 0.351 e. The summed E-state index contributed by atoms with van der Waals surface area (Å²) in [5, 5.41) is 11.3. The monoisotopic (exact) mass is 670 g/mol. The molecule has 4 fully saturated rings. The molecule has 47 heavy (non-hydrogen) atoms. The molecule has 0 saturated carbocycles. The van der Waals surface area contributed by atoms with Gasteiger partial charge in [-0.2, -0.15) is 0 Å². The van der Waals surface area contributed by atoms with E-state index < -0.39 is 88.4 Å². The molecule has 0 unspecified atom stereocenters. The topological polar surface area (TPSA) is 141 Å². The van der Waals surface area contributed by atoms with Crippen LogP contribution in [-0.2, 0) is 42.9 Å². The molecule has 4 rings (SSSR count). The Hall–Kier alpha value is -2.03. The van der Waals surface area contributed by atoms with Gasteiger partial charge in [-0.15, -0.1) is 0 Å². The fourth-order valence-electron chi connectivity index (χ4n) is 9.10. The summed E-state index contributed by atoms with van der Waals surface area (Å²) in [5.41, 5.74) is -7.15. The first-order chi connectivity index (χ1) is 21.6. The SMILES string of the molecule is CC[C@H]1OC(=O)[C@@](C)(F)C(=O)[C@H](C)[C@@H](O[C@@H]2O[C@H](C)C[C@H](N(C)C)[C@H]2O)[C@](C)(OC)C[C@@H](C)C(=O)[C@]2(C)CN(C)[C@H]3C(=O)O[C@@]1(C)[C@H]32. The van der Waals surface area contributed by atoms with Gasteiger partial charge in [0.05, 0.1) is 17.8 Å². The van der Waals surface area contributed by atoms with Crippen LogP contribution in [0.5, 0.6) is 0 Å². The number of hydrogen-bond donors (Lipinski definition) is 1. The van der Waals surface area contributed by atoms with Crippen molar-refractivity contribution in [1.82, 2.24) is 9.80 Å². The summed E-state index contributed by atoms with van der Waals surface area (Å²) in [7, 11) is 6.81. The van der Waals surface area contributed by atoms with Crippen LogP contribution in [-0.4, -0.2) is 133 Å². The van der Waals surface area contributed by atoms with Gasteiger partial charge in [0.1, 0.15) is 24.0 Å². The Bertz CT molecular complexity index is 1250. The average molecular weight is 671 g/mol. The molecule has 4 aliphatic rings. The number of cyclic esters (lactones) is 1. The van der Waals surface area contributed by atoms with Crippen LogP contribution < -0.4 is 0 Å². The lowest BCUT2D eigenvalue weighted by molar-refractivity contribution is -0.295. The van der Waals surface area contributed by atoms with E-state index in [0.717, 1.165) is 6.92 Å². The van der Waals surface area contributed by atoms with Crippen LogP contribution in [0.4, 0.5) is 4.39 Å². The quantitative estimate of drug-likeness (QED) is 0.339. The highest BCUT2D eigenvalue weighted by atomic mass is 19.1. The zero-order chi connectivity index (χ0) is 35.6. The van der Waals surface area contributed by atoms with Gasteiger partial charge in [0.2, 0.25) is 0 Å². The number of rotatable bonds is 5. The molecule has 0 aromatic heterocycles. The third-order valence-electron chi connectivity index (χ3n) is 11.6. The summed E-state index contributed by atoms with van der Waals surface area (Å²) in [5.74, 6) is -6.03. The van der Waals surface area contributed by atoms with Crippen molar-refractivity contribution in [3.63, 3.8) is 0 Å². The molecule has 4 saturated heterocycles. The van der Waals surface area contributed by atoms with Crippen LogP contribution in [0.3, 0.4) is 0 Å². The number of aliphatic hydroxyl groups excluding tert-OH is 1. The third kappa shape index (κ3) is 6.18. The first-order valence-corrected chi connectivity index (χ1v) is 16.7. The molecule has 0 bridgehead atoms. The normalized spacial score (nSPS) is 48.7. The number of aliphatic hydroxyl groups is 1. The maximum Gasteiger partial charge on any atom is 0.351 e. The van der Waals surface area contributed by atoms with Crippen molar-refractivity contribution < 1.29 is 52.4 Å². The van der Waals surface area contributed by atoms with Gasteiger partial charge in [-0.1, -0.05) is 27.7 Å². The standard InChI is InChI=1S/C34H55FN2O10/c1-13-21-34(8)24-22(28(41)47-34)37(11)16-31(24,5)25(39)17(2)15-32(6,43-12)27(19(4)26(40)33(7,35)30(42)45-21)46-29-23(38)20(36(9)10)14-18(3)44-29/h17-24,27,29,38H,13-16H2,1-12H3/t17-,18-,19+,20+,21-,22-,23-,24-,27-,29+,31-,32-,33+,34-/m1/s1. The molecule has 268 valence electrons. The van der Waals surface area contributed by atoms with E-state index >= 15 is 4.39 Å². The number of likely N-dealkylation sites (tertiary alicyclic amines) is 1. The molecular formula is C34H55FN2O10. The van der Waals surface area contributed by atoms with E-state index in [1.54, 1.807) is 46.6 Å². The van der Waals surface area contributed by atoms with Gasteiger partial charge < -0.3 is 33.7 Å². The minimum absolute atomic E-state index is 0.0347. The fraction of sp³-hybridized carbons (Fsp3) is 0.882. The number of carbonyl (C=O) groups is 4. The van der Waals surface area contributed by atoms with Crippen LogP contribution in [0.1, 0.15) is 74.7 Å². The van der Waals surface area contributed by atoms with E-state index in [0.29, 0.717) is 6.42 Å². The van der Waals surface area contributed by atoms with Crippen molar-refractivity contribution in [2.24, 2.45) is 23.2 Å². The van der Waals surface area contributed by atoms with Crippen LogP contribution in [0.2, 0.25) is 0 Å². The van der Waals surface area contributed by atoms with Crippen LogP contribution in [0.25, 0.3) is 0 Å². The minimum atomic E-state index is -3.13. The lowest BCUT2D eigenvalue weighted by atomic mass is 9.62. The predicted octanol–water partition coefficient (Wildman–Crippen LogP) is 2.32. The van der Waals surface area contributed by atoms with E-state index in [9.17, 15) is 24.3 Å². The molecule has 1 N–H and O–H groups in total. The highest BCUT2D eigenvalue weighted by Crippen LogP contribution is 2.55. The summed E-state index contributed by atoms with van der Waals surface area (Å²) < 4.78 is 46.8. The zero-order valence-electron chi connectivity index (χ0n) is 30.0. The van der Waals surface area contributed by atoms with E-state index in [1.165, 1.54) is 14.0 Å². The van der Waals surface area contributed by atoms with Gasteiger partial charge in [-0.25, -0.2) is 9.18 Å². The number of esters is 2. The molecule has 0 amide bonds. The summed E-state index contributed by atoms with van der Waals surface area (Å²) in [4.78, 5) is 59.3. The number of carbonyl (C=O) groups excluding carboxylic acids is 4.